The van der Waals surface area contributed by atoms with Crippen molar-refractivity contribution in [2.24, 2.45) is 10.7 Å². The summed E-state index contributed by atoms with van der Waals surface area (Å²) in [5.74, 6) is 0. The minimum Gasteiger partial charge on any atom is -0.404 e. The number of fused-ring (bicyclic) bond motifs is 1. The predicted octanol–water partition coefficient (Wildman–Crippen LogP) is 5.57. The van der Waals surface area contributed by atoms with E-state index in [-0.39, 0.29) is 16.4 Å². The zero-order valence-electron chi connectivity index (χ0n) is 17.5. The fraction of sp³-hybridized carbons (Fsp3) is 0.0435. The van der Waals surface area contributed by atoms with E-state index < -0.39 is 17.5 Å². The van der Waals surface area contributed by atoms with E-state index in [1.807, 2.05) is 0 Å². The summed E-state index contributed by atoms with van der Waals surface area (Å²) >= 11 is 6.30. The van der Waals surface area contributed by atoms with Gasteiger partial charge in [-0.2, -0.15) is 28.2 Å². The number of hydrogen-bond acceptors (Lipinski definition) is 6. The monoisotopic (exact) mass is 483 g/mol. The molecular formula is C23H17ClF3N7. The first-order chi connectivity index (χ1) is 16.3. The first kappa shape index (κ1) is 23.0. The Labute approximate surface area is 197 Å². The van der Waals surface area contributed by atoms with E-state index in [1.54, 1.807) is 42.6 Å². The lowest BCUT2D eigenvalue weighted by atomic mass is 10.1. The molecule has 0 saturated carbocycles. The van der Waals surface area contributed by atoms with Crippen molar-refractivity contribution in [3.8, 4) is 5.69 Å². The Morgan fingerprint density at radius 1 is 1.12 bits per heavy atom. The number of anilines is 1. The predicted molar refractivity (Wildman–Crippen MR) is 126 cm³/mol. The van der Waals surface area contributed by atoms with Crippen LogP contribution >= 0.6 is 11.6 Å². The molecule has 0 atom stereocenters. The number of benzene rings is 2. The van der Waals surface area contributed by atoms with E-state index in [2.05, 4.69) is 32.1 Å². The Bertz CT molecular complexity index is 1400. The number of rotatable bonds is 6. The summed E-state index contributed by atoms with van der Waals surface area (Å²) in [6.07, 6.45) is 1.79. The molecule has 34 heavy (non-hydrogen) atoms. The topological polar surface area (TPSA) is 94.0 Å². The van der Waals surface area contributed by atoms with Crippen LogP contribution in [0.3, 0.4) is 0 Å². The van der Waals surface area contributed by atoms with Gasteiger partial charge < -0.3 is 11.1 Å². The minimum absolute atomic E-state index is 0.0525. The third-order valence-electron chi connectivity index (χ3n) is 4.77. The Morgan fingerprint density at radius 2 is 1.85 bits per heavy atom. The molecule has 4 rings (SSSR count). The molecule has 0 radical (unpaired) electrons. The maximum atomic E-state index is 14.1. The molecule has 0 saturated heterocycles. The Kier molecular flexibility index (Phi) is 6.33. The first-order valence-corrected chi connectivity index (χ1v) is 10.2. The summed E-state index contributed by atoms with van der Waals surface area (Å²) in [5.41, 5.74) is 4.79. The molecule has 2 aromatic carbocycles. The summed E-state index contributed by atoms with van der Waals surface area (Å²) in [4.78, 5) is 9.20. The van der Waals surface area contributed by atoms with Crippen molar-refractivity contribution in [2.75, 3.05) is 5.32 Å². The van der Waals surface area contributed by atoms with Crippen LogP contribution in [0, 0.1) is 0 Å². The van der Waals surface area contributed by atoms with Crippen molar-refractivity contribution >= 4 is 39.5 Å². The molecule has 172 valence electrons. The number of aromatic nitrogens is 4. The van der Waals surface area contributed by atoms with Gasteiger partial charge in [0.1, 0.15) is 5.69 Å². The van der Waals surface area contributed by atoms with Gasteiger partial charge in [-0.3, -0.25) is 4.98 Å². The third kappa shape index (κ3) is 4.76. The van der Waals surface area contributed by atoms with Crippen molar-refractivity contribution in [3.05, 3.63) is 96.3 Å². The maximum Gasteiger partial charge on any atom is 0.434 e. The van der Waals surface area contributed by atoms with Crippen LogP contribution in [0.2, 0.25) is 5.02 Å². The number of alkyl halides is 3. The number of allylic oxidation sites excluding steroid dienone is 1. The van der Waals surface area contributed by atoms with Crippen molar-refractivity contribution in [3.63, 3.8) is 0 Å². The molecule has 0 bridgehead atoms. The van der Waals surface area contributed by atoms with Gasteiger partial charge in [0.05, 0.1) is 29.3 Å². The smallest absolute Gasteiger partial charge is 0.404 e. The van der Waals surface area contributed by atoms with Crippen LogP contribution in [0.25, 0.3) is 16.5 Å². The molecule has 0 aliphatic carbocycles. The van der Waals surface area contributed by atoms with Gasteiger partial charge in [-0.05, 0) is 18.2 Å². The Hall–Kier alpha value is -4.18. The highest BCUT2D eigenvalue weighted by Gasteiger charge is 2.39. The average Bonchev–Trinajstić information content (AvgIpc) is 3.33. The van der Waals surface area contributed by atoms with Gasteiger partial charge in [0.25, 0.3) is 0 Å². The number of pyridine rings is 1. The molecule has 0 fully saturated rings. The molecular weight excluding hydrogens is 467 g/mol. The van der Waals surface area contributed by atoms with E-state index >= 15 is 0 Å². The van der Waals surface area contributed by atoms with Gasteiger partial charge in [0.2, 0.25) is 0 Å². The maximum absolute atomic E-state index is 14.1. The van der Waals surface area contributed by atoms with Gasteiger partial charge in [0, 0.05) is 40.1 Å². The fourth-order valence-electron chi connectivity index (χ4n) is 3.24. The van der Waals surface area contributed by atoms with Crippen molar-refractivity contribution in [2.45, 2.75) is 6.18 Å². The van der Waals surface area contributed by atoms with Crippen molar-refractivity contribution in [1.29, 1.82) is 0 Å². The summed E-state index contributed by atoms with van der Waals surface area (Å²) in [5, 5.41) is 12.3. The van der Waals surface area contributed by atoms with Gasteiger partial charge in [0.15, 0.2) is 5.71 Å². The lowest BCUT2D eigenvalue weighted by molar-refractivity contribution is -0.0580. The van der Waals surface area contributed by atoms with Crippen LogP contribution in [-0.4, -0.2) is 31.9 Å². The second-order valence-corrected chi connectivity index (χ2v) is 7.41. The molecule has 4 aromatic rings. The van der Waals surface area contributed by atoms with Crippen LogP contribution in [0.4, 0.5) is 24.5 Å². The molecule has 0 aliphatic rings. The largest absolute Gasteiger partial charge is 0.434 e. The second-order valence-electron chi connectivity index (χ2n) is 7.01. The normalized spacial score (nSPS) is 12.7. The van der Waals surface area contributed by atoms with E-state index in [9.17, 15) is 13.2 Å². The van der Waals surface area contributed by atoms with Crippen LogP contribution in [-0.2, 0) is 0 Å². The van der Waals surface area contributed by atoms with Gasteiger partial charge >= 0.3 is 6.18 Å². The zero-order valence-corrected chi connectivity index (χ0v) is 18.2. The van der Waals surface area contributed by atoms with E-state index in [4.69, 9.17) is 17.3 Å². The van der Waals surface area contributed by atoms with Crippen molar-refractivity contribution in [1.82, 2.24) is 20.0 Å². The highest BCUT2D eigenvalue weighted by atomic mass is 35.5. The van der Waals surface area contributed by atoms with Gasteiger partial charge in [-0.25, -0.2) is 4.99 Å². The van der Waals surface area contributed by atoms with Crippen LogP contribution in [0.15, 0.2) is 96.3 Å². The van der Waals surface area contributed by atoms with Gasteiger partial charge in [-0.1, -0.05) is 42.4 Å². The van der Waals surface area contributed by atoms with Crippen LogP contribution in [0.5, 0.6) is 0 Å². The van der Waals surface area contributed by atoms with Crippen LogP contribution < -0.4 is 11.1 Å². The summed E-state index contributed by atoms with van der Waals surface area (Å²) in [6.45, 7) is 3.73. The van der Waals surface area contributed by atoms with Crippen LogP contribution in [0.1, 0.15) is 0 Å². The quantitative estimate of drug-likeness (QED) is 0.276. The SMILES string of the molecule is C=C(Nc1ccc(-n2nccn2)c(Cl)c1)C(=CN)C(=Nc1cncc2ccccc12)C(F)(F)F. The number of nitrogens with one attached hydrogen (secondary N) is 1. The standard InChI is InChI=1S/C23H17ClF3N7/c1-14(32-16-6-7-21(19(24)10-16)34-30-8-9-31-34)18(11-28)22(23(25,26)27)33-20-13-29-12-15-4-2-3-5-17(15)20/h2-13,32H,1,28H2. The summed E-state index contributed by atoms with van der Waals surface area (Å²) < 4.78 is 42.2. The number of nitrogens with zero attached hydrogens (tertiary/aromatic N) is 5. The highest BCUT2D eigenvalue weighted by Crippen LogP contribution is 2.32. The Morgan fingerprint density at radius 3 is 2.53 bits per heavy atom. The lowest BCUT2D eigenvalue weighted by Crippen LogP contribution is -2.27. The van der Waals surface area contributed by atoms with Crippen molar-refractivity contribution < 1.29 is 13.2 Å². The third-order valence-corrected chi connectivity index (χ3v) is 5.07. The zero-order chi connectivity index (χ0) is 24.3. The van der Waals surface area contributed by atoms with E-state index in [0.29, 0.717) is 22.1 Å². The van der Waals surface area contributed by atoms with Gasteiger partial charge in [-0.15, -0.1) is 0 Å². The molecule has 0 spiro atoms. The average molecular weight is 484 g/mol. The second kappa shape index (κ2) is 9.36. The molecule has 7 nitrogen and oxygen atoms in total. The molecule has 0 unspecified atom stereocenters. The first-order valence-electron chi connectivity index (χ1n) is 9.81. The molecule has 2 heterocycles. The molecule has 3 N–H and O–H groups in total. The molecule has 0 amide bonds. The number of aliphatic imine (C=N–C) groups is 1. The highest BCUT2D eigenvalue weighted by molar-refractivity contribution is 6.32. The van der Waals surface area contributed by atoms with E-state index in [1.165, 1.54) is 29.5 Å². The molecule has 2 aromatic heterocycles. The number of nitrogens with two attached hydrogens (primary N) is 1. The summed E-state index contributed by atoms with van der Waals surface area (Å²) in [7, 11) is 0. The Balaban J connectivity index is 1.68. The molecule has 0 aliphatic heterocycles. The van der Waals surface area contributed by atoms with E-state index in [0.717, 1.165) is 6.20 Å². The summed E-state index contributed by atoms with van der Waals surface area (Å²) in [6, 6.07) is 11.6. The molecule has 11 heteroatoms. The number of halogens is 4. The lowest BCUT2D eigenvalue weighted by Gasteiger charge is -2.18. The minimum atomic E-state index is -4.82. The number of hydrogen-bond donors (Lipinski definition) is 2. The fourth-order valence-corrected chi connectivity index (χ4v) is 3.49.